The van der Waals surface area contributed by atoms with Crippen molar-refractivity contribution in [1.82, 2.24) is 5.32 Å². The molecule has 23 heavy (non-hydrogen) atoms. The first-order valence-electron chi connectivity index (χ1n) is 8.20. The van der Waals surface area contributed by atoms with Crippen molar-refractivity contribution in [2.75, 3.05) is 7.11 Å². The first-order chi connectivity index (χ1) is 11.4. The van der Waals surface area contributed by atoms with Crippen molar-refractivity contribution in [3.63, 3.8) is 0 Å². The molecule has 1 aliphatic rings. The molecule has 4 rings (SSSR count). The predicted octanol–water partition coefficient (Wildman–Crippen LogP) is 4.49. The van der Waals surface area contributed by atoms with Crippen LogP contribution in [0, 0.1) is 0 Å². The maximum Gasteiger partial charge on any atom is 0.123 e. The van der Waals surface area contributed by atoms with Gasteiger partial charge in [-0.1, -0.05) is 60.7 Å². The Kier molecular flexibility index (Phi) is 3.76. The molecule has 0 aromatic heterocycles. The number of ether oxygens (including phenoxy) is 1. The van der Waals surface area contributed by atoms with Gasteiger partial charge in [-0.3, -0.25) is 0 Å². The van der Waals surface area contributed by atoms with Gasteiger partial charge in [0.15, 0.2) is 0 Å². The zero-order chi connectivity index (χ0) is 15.6. The van der Waals surface area contributed by atoms with Gasteiger partial charge in [-0.25, -0.2) is 0 Å². The van der Waals surface area contributed by atoms with E-state index in [-0.39, 0.29) is 0 Å². The van der Waals surface area contributed by atoms with E-state index in [0.717, 1.165) is 12.3 Å². The Balaban J connectivity index is 1.53. The second-order valence-corrected chi connectivity index (χ2v) is 6.21. The molecule has 3 aromatic carbocycles. The lowest BCUT2D eigenvalue weighted by Gasteiger charge is -2.13. The summed E-state index contributed by atoms with van der Waals surface area (Å²) in [6, 6.07) is 24.1. The minimum Gasteiger partial charge on any atom is -0.496 e. The van der Waals surface area contributed by atoms with Gasteiger partial charge in [-0.15, -0.1) is 0 Å². The maximum atomic E-state index is 5.58. The highest BCUT2D eigenvalue weighted by molar-refractivity contribution is 5.87. The molecule has 0 radical (unpaired) electrons. The fourth-order valence-corrected chi connectivity index (χ4v) is 3.41. The molecule has 1 saturated carbocycles. The fraction of sp³-hybridized carbons (Fsp3) is 0.238. The lowest BCUT2D eigenvalue weighted by Crippen LogP contribution is -2.18. The Morgan fingerprint density at radius 1 is 0.957 bits per heavy atom. The molecular formula is C21H21NO. The zero-order valence-electron chi connectivity index (χ0n) is 13.3. The molecule has 0 amide bonds. The van der Waals surface area contributed by atoms with E-state index in [1.54, 1.807) is 7.11 Å². The Labute approximate surface area is 137 Å². The molecule has 116 valence electrons. The molecule has 2 heteroatoms. The highest BCUT2D eigenvalue weighted by Gasteiger charge is 2.37. The monoisotopic (exact) mass is 303 g/mol. The summed E-state index contributed by atoms with van der Waals surface area (Å²) in [6.45, 7) is 0.846. The molecule has 3 aromatic rings. The lowest BCUT2D eigenvalue weighted by molar-refractivity contribution is 0.408. The molecule has 0 heterocycles. The van der Waals surface area contributed by atoms with Crippen molar-refractivity contribution in [2.24, 2.45) is 0 Å². The summed E-state index contributed by atoms with van der Waals surface area (Å²) in [5, 5.41) is 6.25. The molecule has 0 aliphatic heterocycles. The average Bonchev–Trinajstić information content (AvgIpc) is 3.40. The van der Waals surface area contributed by atoms with Crippen molar-refractivity contribution in [2.45, 2.75) is 24.9 Å². The summed E-state index contributed by atoms with van der Waals surface area (Å²) in [5.74, 6) is 1.62. The Hall–Kier alpha value is -2.32. The first-order valence-corrected chi connectivity index (χ1v) is 8.20. The standard InChI is InChI=1S/C21H21NO/c1-23-21-12-11-16-9-5-6-10-17(16)19(21)14-22-20-13-18(20)15-7-3-2-4-8-15/h2-12,18,20,22H,13-14H2,1H3/t18-,20+/m0/s1. The van der Waals surface area contributed by atoms with E-state index in [0.29, 0.717) is 12.0 Å². The molecule has 1 aliphatic carbocycles. The van der Waals surface area contributed by atoms with Crippen LogP contribution in [0.2, 0.25) is 0 Å². The van der Waals surface area contributed by atoms with Crippen LogP contribution >= 0.6 is 0 Å². The average molecular weight is 303 g/mol. The molecule has 0 spiro atoms. The van der Waals surface area contributed by atoms with Crippen molar-refractivity contribution in [3.8, 4) is 5.75 Å². The summed E-state index contributed by atoms with van der Waals surface area (Å²) in [6.07, 6.45) is 1.22. The quantitative estimate of drug-likeness (QED) is 0.749. The Morgan fingerprint density at radius 3 is 2.57 bits per heavy atom. The van der Waals surface area contributed by atoms with Crippen LogP contribution < -0.4 is 10.1 Å². The van der Waals surface area contributed by atoms with E-state index in [2.05, 4.69) is 72.0 Å². The largest absolute Gasteiger partial charge is 0.496 e. The van der Waals surface area contributed by atoms with Gasteiger partial charge in [0.25, 0.3) is 0 Å². The van der Waals surface area contributed by atoms with E-state index in [9.17, 15) is 0 Å². The molecule has 1 fully saturated rings. The molecule has 0 unspecified atom stereocenters. The summed E-state index contributed by atoms with van der Waals surface area (Å²) in [4.78, 5) is 0. The normalized spacial score (nSPS) is 19.7. The van der Waals surface area contributed by atoms with Crippen LogP contribution in [0.25, 0.3) is 10.8 Å². The van der Waals surface area contributed by atoms with Crippen LogP contribution in [0.3, 0.4) is 0 Å². The Morgan fingerprint density at radius 2 is 1.74 bits per heavy atom. The molecule has 2 nitrogen and oxygen atoms in total. The third-order valence-corrected chi connectivity index (χ3v) is 4.78. The van der Waals surface area contributed by atoms with Gasteiger partial charge < -0.3 is 10.1 Å². The van der Waals surface area contributed by atoms with E-state index >= 15 is 0 Å². The molecule has 0 saturated heterocycles. The lowest BCUT2D eigenvalue weighted by atomic mass is 10.0. The van der Waals surface area contributed by atoms with Crippen LogP contribution in [-0.2, 0) is 6.54 Å². The first kappa shape index (κ1) is 14.3. The van der Waals surface area contributed by atoms with Gasteiger partial charge >= 0.3 is 0 Å². The van der Waals surface area contributed by atoms with Gasteiger partial charge in [-0.2, -0.15) is 0 Å². The van der Waals surface area contributed by atoms with E-state index in [1.165, 1.54) is 28.3 Å². The van der Waals surface area contributed by atoms with Crippen molar-refractivity contribution >= 4 is 10.8 Å². The minimum absolute atomic E-state index is 0.570. The van der Waals surface area contributed by atoms with E-state index < -0.39 is 0 Å². The van der Waals surface area contributed by atoms with Crippen LogP contribution in [0.4, 0.5) is 0 Å². The Bertz CT molecular complexity index is 812. The molecular weight excluding hydrogens is 282 g/mol. The number of hydrogen-bond donors (Lipinski definition) is 1. The number of hydrogen-bond acceptors (Lipinski definition) is 2. The second kappa shape index (κ2) is 6.05. The predicted molar refractivity (Wildman–Crippen MR) is 94.9 cm³/mol. The maximum absolute atomic E-state index is 5.58. The van der Waals surface area contributed by atoms with Crippen molar-refractivity contribution in [3.05, 3.63) is 77.9 Å². The number of nitrogens with one attached hydrogen (secondary N) is 1. The van der Waals surface area contributed by atoms with E-state index in [4.69, 9.17) is 4.74 Å². The van der Waals surface area contributed by atoms with Crippen LogP contribution in [0.15, 0.2) is 66.7 Å². The number of fused-ring (bicyclic) bond motifs is 1. The number of benzene rings is 3. The van der Waals surface area contributed by atoms with Crippen molar-refractivity contribution in [1.29, 1.82) is 0 Å². The highest BCUT2D eigenvalue weighted by atomic mass is 16.5. The topological polar surface area (TPSA) is 21.3 Å². The summed E-state index contributed by atoms with van der Waals surface area (Å²) in [7, 11) is 1.75. The number of rotatable bonds is 5. The smallest absolute Gasteiger partial charge is 0.123 e. The fourth-order valence-electron chi connectivity index (χ4n) is 3.41. The molecule has 2 atom stereocenters. The van der Waals surface area contributed by atoms with Gasteiger partial charge in [0.1, 0.15) is 5.75 Å². The SMILES string of the molecule is COc1ccc2ccccc2c1CN[C@@H]1C[C@H]1c1ccccc1. The van der Waals surface area contributed by atoms with Crippen LogP contribution in [0.1, 0.15) is 23.5 Å². The third-order valence-electron chi connectivity index (χ3n) is 4.78. The highest BCUT2D eigenvalue weighted by Crippen LogP contribution is 2.41. The van der Waals surface area contributed by atoms with Gasteiger partial charge in [-0.05, 0) is 28.8 Å². The van der Waals surface area contributed by atoms with Gasteiger partial charge in [0.2, 0.25) is 0 Å². The van der Waals surface area contributed by atoms with Crippen LogP contribution in [-0.4, -0.2) is 13.2 Å². The van der Waals surface area contributed by atoms with Gasteiger partial charge in [0.05, 0.1) is 7.11 Å². The molecule has 0 bridgehead atoms. The minimum atomic E-state index is 0.570. The van der Waals surface area contributed by atoms with Crippen LogP contribution in [0.5, 0.6) is 5.75 Å². The third kappa shape index (κ3) is 2.82. The number of methoxy groups -OCH3 is 1. The second-order valence-electron chi connectivity index (χ2n) is 6.21. The van der Waals surface area contributed by atoms with Gasteiger partial charge in [0, 0.05) is 24.1 Å². The van der Waals surface area contributed by atoms with Crippen molar-refractivity contribution < 1.29 is 4.74 Å². The summed E-state index contributed by atoms with van der Waals surface area (Å²) < 4.78 is 5.58. The molecule has 1 N–H and O–H groups in total. The zero-order valence-corrected chi connectivity index (χ0v) is 13.3. The summed E-state index contributed by atoms with van der Waals surface area (Å²) in [5.41, 5.74) is 2.69. The summed E-state index contributed by atoms with van der Waals surface area (Å²) >= 11 is 0. The van der Waals surface area contributed by atoms with E-state index in [1.807, 2.05) is 0 Å².